The Morgan fingerprint density at radius 1 is 1.17 bits per heavy atom. The van der Waals surface area contributed by atoms with Crippen molar-refractivity contribution in [1.82, 2.24) is 0 Å². The zero-order chi connectivity index (χ0) is 12.5. The Hall–Kier alpha value is -1.83. The molecule has 0 saturated carbocycles. The average molecular weight is 242 g/mol. The van der Waals surface area contributed by atoms with Gasteiger partial charge in [-0.3, -0.25) is 0 Å². The molecule has 0 N–H and O–H groups in total. The van der Waals surface area contributed by atoms with Gasteiger partial charge >= 0.3 is 0 Å². The van der Waals surface area contributed by atoms with Crippen molar-refractivity contribution in [3.05, 3.63) is 53.3 Å². The molecule has 0 radical (unpaired) electrons. The minimum Gasteiger partial charge on any atom is -0.493 e. The third-order valence-electron chi connectivity index (χ3n) is 3.49. The van der Waals surface area contributed by atoms with E-state index < -0.39 is 0 Å². The van der Waals surface area contributed by atoms with Gasteiger partial charge in [0, 0.05) is 0 Å². The number of hydrogen-bond acceptors (Lipinski definition) is 1. The van der Waals surface area contributed by atoms with Gasteiger partial charge in [0.1, 0.15) is 11.6 Å². The Balaban J connectivity index is 2.09. The van der Waals surface area contributed by atoms with E-state index in [0.29, 0.717) is 5.56 Å². The summed E-state index contributed by atoms with van der Waals surface area (Å²) in [5.74, 6) is 0.786. The Morgan fingerprint density at radius 2 is 2.06 bits per heavy atom. The standard InChI is InChI=1S/C16H15FO/c1-11-14(5-2-6-15(11)17)13-8-7-12-4-3-9-18-16(12)10-13/h2,5-8,10H,3-4,9H2,1H3. The summed E-state index contributed by atoms with van der Waals surface area (Å²) in [4.78, 5) is 0. The first-order valence-electron chi connectivity index (χ1n) is 6.27. The van der Waals surface area contributed by atoms with Crippen molar-refractivity contribution in [2.45, 2.75) is 19.8 Å². The third kappa shape index (κ3) is 1.88. The predicted octanol–water partition coefficient (Wildman–Crippen LogP) is 4.13. The lowest BCUT2D eigenvalue weighted by Gasteiger charge is -2.18. The van der Waals surface area contributed by atoms with Crippen molar-refractivity contribution in [2.24, 2.45) is 0 Å². The highest BCUT2D eigenvalue weighted by Gasteiger charge is 2.12. The van der Waals surface area contributed by atoms with E-state index in [4.69, 9.17) is 4.74 Å². The Bertz CT molecular complexity index is 590. The van der Waals surface area contributed by atoms with Crippen molar-refractivity contribution in [2.75, 3.05) is 6.61 Å². The maximum absolute atomic E-state index is 13.6. The molecule has 0 aliphatic carbocycles. The van der Waals surface area contributed by atoms with Crippen LogP contribution in [0.25, 0.3) is 11.1 Å². The fraction of sp³-hybridized carbons (Fsp3) is 0.250. The van der Waals surface area contributed by atoms with Crippen LogP contribution in [0.15, 0.2) is 36.4 Å². The largest absolute Gasteiger partial charge is 0.493 e. The number of hydrogen-bond donors (Lipinski definition) is 0. The summed E-state index contributed by atoms with van der Waals surface area (Å²) in [5.41, 5.74) is 3.90. The van der Waals surface area contributed by atoms with Gasteiger partial charge < -0.3 is 4.74 Å². The monoisotopic (exact) mass is 242 g/mol. The van der Waals surface area contributed by atoms with Crippen molar-refractivity contribution < 1.29 is 9.13 Å². The quantitative estimate of drug-likeness (QED) is 0.730. The summed E-state index contributed by atoms with van der Waals surface area (Å²) >= 11 is 0. The molecule has 1 aliphatic rings. The third-order valence-corrected chi connectivity index (χ3v) is 3.49. The lowest BCUT2D eigenvalue weighted by Crippen LogP contribution is -2.08. The molecule has 18 heavy (non-hydrogen) atoms. The van der Waals surface area contributed by atoms with E-state index in [-0.39, 0.29) is 5.82 Å². The molecule has 3 rings (SSSR count). The van der Waals surface area contributed by atoms with Crippen LogP contribution in [0.4, 0.5) is 4.39 Å². The molecule has 0 fully saturated rings. The summed E-state index contributed by atoms with van der Waals surface area (Å²) in [6.07, 6.45) is 2.14. The van der Waals surface area contributed by atoms with Crippen LogP contribution in [-0.4, -0.2) is 6.61 Å². The molecule has 1 heterocycles. The van der Waals surface area contributed by atoms with E-state index >= 15 is 0 Å². The van der Waals surface area contributed by atoms with Gasteiger partial charge in [-0.25, -0.2) is 4.39 Å². The molecule has 2 aromatic carbocycles. The normalized spacial score (nSPS) is 13.9. The van der Waals surface area contributed by atoms with Crippen LogP contribution in [0, 0.1) is 12.7 Å². The lowest BCUT2D eigenvalue weighted by atomic mass is 9.97. The van der Waals surface area contributed by atoms with E-state index in [1.807, 2.05) is 19.1 Å². The van der Waals surface area contributed by atoms with E-state index in [1.165, 1.54) is 11.6 Å². The number of ether oxygens (including phenoxy) is 1. The Morgan fingerprint density at radius 3 is 2.94 bits per heavy atom. The number of aryl methyl sites for hydroxylation is 1. The van der Waals surface area contributed by atoms with Crippen molar-refractivity contribution in [3.8, 4) is 16.9 Å². The molecule has 0 spiro atoms. The summed E-state index contributed by atoms with van der Waals surface area (Å²) < 4.78 is 19.2. The van der Waals surface area contributed by atoms with Gasteiger partial charge in [-0.1, -0.05) is 24.3 Å². The Kier molecular flexibility index (Phi) is 2.78. The van der Waals surface area contributed by atoms with Gasteiger partial charge in [0.05, 0.1) is 6.61 Å². The van der Waals surface area contributed by atoms with Gasteiger partial charge in [-0.15, -0.1) is 0 Å². The second-order valence-corrected chi connectivity index (χ2v) is 4.69. The molecular formula is C16H15FO. The van der Waals surface area contributed by atoms with Crippen LogP contribution < -0.4 is 4.74 Å². The Labute approximate surface area is 106 Å². The number of halogens is 1. The SMILES string of the molecule is Cc1c(F)cccc1-c1ccc2c(c1)OCCC2. The van der Waals surface area contributed by atoms with Crippen LogP contribution >= 0.6 is 0 Å². The van der Waals surface area contributed by atoms with Crippen molar-refractivity contribution in [3.63, 3.8) is 0 Å². The molecule has 0 aromatic heterocycles. The maximum Gasteiger partial charge on any atom is 0.126 e. The summed E-state index contributed by atoms with van der Waals surface area (Å²) in [6, 6.07) is 11.4. The molecule has 0 saturated heterocycles. The zero-order valence-corrected chi connectivity index (χ0v) is 10.4. The first-order chi connectivity index (χ1) is 8.75. The predicted molar refractivity (Wildman–Crippen MR) is 70.4 cm³/mol. The van der Waals surface area contributed by atoms with Crippen LogP contribution in [0.2, 0.25) is 0 Å². The van der Waals surface area contributed by atoms with Crippen LogP contribution in [-0.2, 0) is 6.42 Å². The molecule has 0 bridgehead atoms. The van der Waals surface area contributed by atoms with Crippen molar-refractivity contribution in [1.29, 1.82) is 0 Å². The summed E-state index contributed by atoms with van der Waals surface area (Å²) in [7, 11) is 0. The lowest BCUT2D eigenvalue weighted by molar-refractivity contribution is 0.288. The molecule has 2 heteroatoms. The van der Waals surface area contributed by atoms with Crippen LogP contribution in [0.3, 0.4) is 0 Å². The second kappa shape index (κ2) is 4.45. The molecule has 1 aliphatic heterocycles. The average Bonchev–Trinajstić information content (AvgIpc) is 2.41. The highest BCUT2D eigenvalue weighted by Crippen LogP contribution is 2.32. The molecule has 92 valence electrons. The molecule has 0 atom stereocenters. The number of fused-ring (bicyclic) bond motifs is 1. The smallest absolute Gasteiger partial charge is 0.126 e. The molecule has 1 nitrogen and oxygen atoms in total. The number of rotatable bonds is 1. The van der Waals surface area contributed by atoms with Crippen molar-refractivity contribution >= 4 is 0 Å². The second-order valence-electron chi connectivity index (χ2n) is 4.69. The van der Waals surface area contributed by atoms with Gasteiger partial charge in [0.15, 0.2) is 0 Å². The highest BCUT2D eigenvalue weighted by molar-refractivity contribution is 5.69. The fourth-order valence-electron chi connectivity index (χ4n) is 2.43. The molecule has 0 amide bonds. The zero-order valence-electron chi connectivity index (χ0n) is 10.4. The number of benzene rings is 2. The fourth-order valence-corrected chi connectivity index (χ4v) is 2.43. The summed E-state index contributed by atoms with van der Waals surface area (Å²) in [6.45, 7) is 2.59. The molecular weight excluding hydrogens is 227 g/mol. The van der Waals surface area contributed by atoms with Gasteiger partial charge in [-0.05, 0) is 54.2 Å². The first-order valence-corrected chi connectivity index (χ1v) is 6.27. The van der Waals surface area contributed by atoms with E-state index in [2.05, 4.69) is 12.1 Å². The molecule has 2 aromatic rings. The van der Waals surface area contributed by atoms with Crippen LogP contribution in [0.1, 0.15) is 17.5 Å². The van der Waals surface area contributed by atoms with E-state index in [1.54, 1.807) is 6.07 Å². The highest BCUT2D eigenvalue weighted by atomic mass is 19.1. The van der Waals surface area contributed by atoms with Crippen LogP contribution in [0.5, 0.6) is 5.75 Å². The first kappa shape index (κ1) is 11.3. The van der Waals surface area contributed by atoms with Gasteiger partial charge in [-0.2, -0.15) is 0 Å². The minimum atomic E-state index is -0.161. The van der Waals surface area contributed by atoms with Gasteiger partial charge in [0.2, 0.25) is 0 Å². The van der Waals surface area contributed by atoms with Gasteiger partial charge in [0.25, 0.3) is 0 Å². The maximum atomic E-state index is 13.6. The minimum absolute atomic E-state index is 0.161. The topological polar surface area (TPSA) is 9.23 Å². The molecule has 0 unspecified atom stereocenters. The van der Waals surface area contributed by atoms with E-state index in [0.717, 1.165) is 36.3 Å². The van der Waals surface area contributed by atoms with E-state index in [9.17, 15) is 4.39 Å². The summed E-state index contributed by atoms with van der Waals surface area (Å²) in [5, 5.41) is 0.